The van der Waals surface area contributed by atoms with E-state index in [2.05, 4.69) is 14.9 Å². The molecule has 0 aliphatic carbocycles. The Kier molecular flexibility index (Phi) is 5.53. The van der Waals surface area contributed by atoms with E-state index in [9.17, 15) is 9.59 Å². The molecule has 2 aliphatic heterocycles. The smallest absolute Gasteiger partial charge is 0.328 e. The van der Waals surface area contributed by atoms with Crippen LogP contribution in [0.2, 0.25) is 0 Å². The maximum absolute atomic E-state index is 12.8. The lowest BCUT2D eigenvalue weighted by atomic mass is 9.86. The van der Waals surface area contributed by atoms with Crippen LogP contribution in [0.1, 0.15) is 24.3 Å². The summed E-state index contributed by atoms with van der Waals surface area (Å²) in [7, 11) is 1.72. The van der Waals surface area contributed by atoms with Crippen molar-refractivity contribution < 1.29 is 9.47 Å². The number of hydrogen-bond donors (Lipinski definition) is 1. The summed E-state index contributed by atoms with van der Waals surface area (Å²) in [6.07, 6.45) is 5.25. The van der Waals surface area contributed by atoms with Gasteiger partial charge in [0.25, 0.3) is 5.56 Å². The van der Waals surface area contributed by atoms with Gasteiger partial charge < -0.3 is 14.4 Å². The van der Waals surface area contributed by atoms with Crippen LogP contribution in [0.25, 0.3) is 21.7 Å². The number of benzene rings is 2. The summed E-state index contributed by atoms with van der Waals surface area (Å²) < 4.78 is 13.4. The lowest BCUT2D eigenvalue weighted by Gasteiger charge is -2.29. The fraction of sp³-hybridized carbons (Fsp3) is 0.370. The summed E-state index contributed by atoms with van der Waals surface area (Å²) in [6, 6.07) is 11.5. The number of fused-ring (bicyclic) bond motifs is 6. The van der Waals surface area contributed by atoms with Crippen molar-refractivity contribution >= 4 is 21.7 Å². The number of rotatable bonds is 6. The number of unbranched alkanes of at least 4 members (excludes halogenated alkanes) is 1. The Labute approximate surface area is 202 Å². The van der Waals surface area contributed by atoms with Crippen molar-refractivity contribution in [2.45, 2.75) is 25.3 Å². The summed E-state index contributed by atoms with van der Waals surface area (Å²) in [4.78, 5) is 34.3. The zero-order valence-electron chi connectivity index (χ0n) is 19.7. The predicted octanol–water partition coefficient (Wildman–Crippen LogP) is 3.13. The van der Waals surface area contributed by atoms with Crippen molar-refractivity contribution in [1.82, 2.24) is 19.4 Å². The molecule has 0 spiro atoms. The van der Waals surface area contributed by atoms with Crippen LogP contribution in [0.5, 0.6) is 11.5 Å². The van der Waals surface area contributed by atoms with Crippen molar-refractivity contribution in [3.63, 3.8) is 0 Å². The Hall–Kier alpha value is -3.65. The van der Waals surface area contributed by atoms with Gasteiger partial charge in [-0.15, -0.1) is 0 Å². The minimum Gasteiger partial charge on any atom is -0.496 e. The van der Waals surface area contributed by atoms with Gasteiger partial charge in [-0.3, -0.25) is 19.3 Å². The normalized spacial score (nSPS) is 19.5. The molecule has 8 nitrogen and oxygen atoms in total. The number of ether oxygens (including phenoxy) is 2. The van der Waals surface area contributed by atoms with Crippen molar-refractivity contribution in [3.05, 3.63) is 75.2 Å². The van der Waals surface area contributed by atoms with E-state index < -0.39 is 0 Å². The van der Waals surface area contributed by atoms with Crippen LogP contribution in [-0.4, -0.2) is 52.8 Å². The van der Waals surface area contributed by atoms with E-state index in [1.54, 1.807) is 30.1 Å². The third kappa shape index (κ3) is 3.78. The van der Waals surface area contributed by atoms with Gasteiger partial charge in [-0.1, -0.05) is 12.1 Å². The molecule has 1 N–H and O–H groups in total. The van der Waals surface area contributed by atoms with Crippen LogP contribution in [-0.2, 0) is 6.54 Å². The van der Waals surface area contributed by atoms with Gasteiger partial charge in [0.05, 0.1) is 24.6 Å². The highest BCUT2D eigenvalue weighted by molar-refractivity contribution is 6.04. The molecule has 2 aromatic carbocycles. The Balaban J connectivity index is 1.17. The number of nitrogens with zero attached hydrogens (tertiary/aromatic N) is 3. The highest BCUT2D eigenvalue weighted by atomic mass is 16.5. The second kappa shape index (κ2) is 8.85. The fourth-order valence-electron chi connectivity index (χ4n) is 5.81. The molecule has 0 unspecified atom stereocenters. The van der Waals surface area contributed by atoms with E-state index >= 15 is 0 Å². The molecule has 180 valence electrons. The van der Waals surface area contributed by atoms with Gasteiger partial charge in [0.15, 0.2) is 0 Å². The first-order valence-electron chi connectivity index (χ1n) is 12.2. The number of hydrogen-bond acceptors (Lipinski definition) is 6. The molecule has 0 saturated carbocycles. The maximum atomic E-state index is 12.8. The second-order valence-electron chi connectivity index (χ2n) is 9.49. The molecule has 0 radical (unpaired) electrons. The number of H-pyrrole nitrogens is 1. The standard InChI is InChI=1S/C27H28N4O4/c1-34-22-5-4-6-23-24(22)21-15-30(14-18(21)16-35-23)11-2-3-12-31-25-19-9-10-28-13-17(19)7-8-20(25)26(32)29-27(31)33/h4-10,13,18,21H,2-3,11-12,14-16H2,1H3,(H,29,32,33)/t18-,21+/m0/s1. The first-order valence-corrected chi connectivity index (χ1v) is 12.2. The van der Waals surface area contributed by atoms with Gasteiger partial charge in [-0.2, -0.15) is 0 Å². The molecule has 2 atom stereocenters. The third-order valence-electron chi connectivity index (χ3n) is 7.46. The lowest BCUT2D eigenvalue weighted by molar-refractivity contribution is 0.209. The molecule has 2 aliphatic rings. The monoisotopic (exact) mass is 472 g/mol. The predicted molar refractivity (Wildman–Crippen MR) is 135 cm³/mol. The highest BCUT2D eigenvalue weighted by Crippen LogP contribution is 2.46. The van der Waals surface area contributed by atoms with Gasteiger partial charge >= 0.3 is 5.69 Å². The number of pyridine rings is 1. The zero-order valence-corrected chi connectivity index (χ0v) is 19.7. The van der Waals surface area contributed by atoms with Crippen LogP contribution >= 0.6 is 0 Å². The first-order chi connectivity index (χ1) is 17.1. The Morgan fingerprint density at radius 2 is 1.97 bits per heavy atom. The molecule has 0 bridgehead atoms. The minimum atomic E-state index is -0.361. The van der Waals surface area contributed by atoms with Gasteiger partial charge in [-0.05, 0) is 43.7 Å². The lowest BCUT2D eigenvalue weighted by Crippen LogP contribution is -2.31. The summed E-state index contributed by atoms with van der Waals surface area (Å²) in [5, 5.41) is 2.31. The molecule has 8 heteroatoms. The molecule has 4 heterocycles. The van der Waals surface area contributed by atoms with Gasteiger partial charge in [0, 0.05) is 60.2 Å². The molecule has 6 rings (SSSR count). The summed E-state index contributed by atoms with van der Waals surface area (Å²) in [5.74, 6) is 2.73. The molecule has 1 fully saturated rings. The van der Waals surface area contributed by atoms with Gasteiger partial charge in [0.1, 0.15) is 11.5 Å². The van der Waals surface area contributed by atoms with E-state index in [4.69, 9.17) is 9.47 Å². The van der Waals surface area contributed by atoms with Gasteiger partial charge in [-0.25, -0.2) is 4.79 Å². The van der Waals surface area contributed by atoms with E-state index in [1.165, 1.54) is 5.56 Å². The van der Waals surface area contributed by atoms with Crippen LogP contribution in [0.15, 0.2) is 58.4 Å². The number of methoxy groups -OCH3 is 1. The topological polar surface area (TPSA) is 89.5 Å². The second-order valence-corrected chi connectivity index (χ2v) is 9.49. The maximum Gasteiger partial charge on any atom is 0.328 e. The van der Waals surface area contributed by atoms with Crippen LogP contribution in [0.3, 0.4) is 0 Å². The molecule has 1 saturated heterocycles. The molecular weight excluding hydrogens is 444 g/mol. The number of nitrogens with one attached hydrogen (secondary N) is 1. The summed E-state index contributed by atoms with van der Waals surface area (Å²) in [6.45, 7) is 4.23. The van der Waals surface area contributed by atoms with Crippen LogP contribution in [0.4, 0.5) is 0 Å². The Morgan fingerprint density at radius 1 is 1.09 bits per heavy atom. The summed E-state index contributed by atoms with van der Waals surface area (Å²) >= 11 is 0. The number of aryl methyl sites for hydroxylation is 1. The fourth-order valence-corrected chi connectivity index (χ4v) is 5.81. The molecule has 35 heavy (non-hydrogen) atoms. The molecular formula is C27H28N4O4. The van der Waals surface area contributed by atoms with Crippen molar-refractivity contribution in [3.8, 4) is 11.5 Å². The third-order valence-corrected chi connectivity index (χ3v) is 7.46. The number of aromatic nitrogens is 3. The van der Waals surface area contributed by atoms with Crippen LogP contribution in [0, 0.1) is 5.92 Å². The average Bonchev–Trinajstić information content (AvgIpc) is 3.30. The zero-order chi connectivity index (χ0) is 23.9. The minimum absolute atomic E-state index is 0.349. The van der Waals surface area contributed by atoms with Crippen molar-refractivity contribution in [1.29, 1.82) is 0 Å². The van der Waals surface area contributed by atoms with E-state index in [1.807, 2.05) is 30.3 Å². The van der Waals surface area contributed by atoms with Crippen LogP contribution < -0.4 is 20.7 Å². The SMILES string of the molecule is COc1cccc2c1[C@@H]1CN(CCCCn3c(=O)[nH]c(=O)c4ccc5cnccc5c43)C[C@H]1CO2. The Morgan fingerprint density at radius 3 is 2.86 bits per heavy atom. The quantitative estimate of drug-likeness (QED) is 0.343. The average molecular weight is 473 g/mol. The highest BCUT2D eigenvalue weighted by Gasteiger charge is 2.40. The Bertz CT molecular complexity index is 1510. The largest absolute Gasteiger partial charge is 0.496 e. The van der Waals surface area contributed by atoms with E-state index in [-0.39, 0.29) is 11.2 Å². The number of aromatic amines is 1. The molecule has 2 aromatic heterocycles. The van der Waals surface area contributed by atoms with Crippen molar-refractivity contribution in [2.75, 3.05) is 33.4 Å². The molecule has 4 aromatic rings. The molecule has 0 amide bonds. The summed E-state index contributed by atoms with van der Waals surface area (Å²) in [5.41, 5.74) is 1.17. The van der Waals surface area contributed by atoms with E-state index in [0.29, 0.717) is 29.3 Å². The number of likely N-dealkylation sites (tertiary alicyclic amines) is 1. The van der Waals surface area contributed by atoms with Gasteiger partial charge in [0.2, 0.25) is 0 Å². The first kappa shape index (κ1) is 21.9. The van der Waals surface area contributed by atoms with E-state index in [0.717, 1.165) is 61.4 Å². The van der Waals surface area contributed by atoms with Crippen molar-refractivity contribution in [2.24, 2.45) is 5.92 Å².